The van der Waals surface area contributed by atoms with E-state index in [-0.39, 0.29) is 23.7 Å². The average Bonchev–Trinajstić information content (AvgIpc) is 2.53. The van der Waals surface area contributed by atoms with Crippen molar-refractivity contribution in [2.75, 3.05) is 5.73 Å². The van der Waals surface area contributed by atoms with Crippen LogP contribution in [-0.4, -0.2) is 35.4 Å². The van der Waals surface area contributed by atoms with Crippen molar-refractivity contribution in [2.45, 2.75) is 76.3 Å². The van der Waals surface area contributed by atoms with E-state index in [0.717, 1.165) is 12.8 Å². The summed E-state index contributed by atoms with van der Waals surface area (Å²) in [5.74, 6) is -1.10. The van der Waals surface area contributed by atoms with E-state index in [1.807, 2.05) is 6.92 Å². The van der Waals surface area contributed by atoms with Crippen LogP contribution >= 0.6 is 12.4 Å². The highest BCUT2D eigenvalue weighted by molar-refractivity contribution is 7.89. The zero-order chi connectivity index (χ0) is 19.3. The Labute approximate surface area is 163 Å². The summed E-state index contributed by atoms with van der Waals surface area (Å²) >= 11 is 0. The second-order valence-electron chi connectivity index (χ2n) is 6.61. The Hall–Kier alpha value is -1.31. The van der Waals surface area contributed by atoms with Gasteiger partial charge in [-0.25, -0.2) is 8.42 Å². The standard InChI is InChI=1S/C18H30N2O4S.ClH/c1-5-7-8-13-18(6-2,17(21)22)20(14(3)4)25(23,24)16-11-9-15(19)10-12-16;/h9-12,14H,5-8,13,19H2,1-4H3,(H,21,22);1H/t18-;/m0./s1. The molecule has 1 aromatic rings. The molecule has 0 aliphatic rings. The van der Waals surface area contributed by atoms with Gasteiger partial charge in [0.25, 0.3) is 0 Å². The third-order valence-electron chi connectivity index (χ3n) is 4.50. The molecule has 0 aliphatic carbocycles. The van der Waals surface area contributed by atoms with Crippen LogP contribution in [0, 0.1) is 0 Å². The quantitative estimate of drug-likeness (QED) is 0.453. The molecular weight excluding hydrogens is 376 g/mol. The van der Waals surface area contributed by atoms with Gasteiger partial charge >= 0.3 is 5.97 Å². The maximum atomic E-state index is 13.2. The van der Waals surface area contributed by atoms with Crippen LogP contribution in [0.15, 0.2) is 29.2 Å². The van der Waals surface area contributed by atoms with Crippen LogP contribution in [0.25, 0.3) is 0 Å². The number of carbonyl (C=O) groups is 1. The molecule has 0 aliphatic heterocycles. The third kappa shape index (κ3) is 5.11. The number of hydrogen-bond acceptors (Lipinski definition) is 4. The molecule has 26 heavy (non-hydrogen) atoms. The van der Waals surface area contributed by atoms with Gasteiger partial charge < -0.3 is 10.8 Å². The smallest absolute Gasteiger partial charge is 0.325 e. The minimum atomic E-state index is -3.97. The number of halogens is 1. The third-order valence-corrected chi connectivity index (χ3v) is 6.66. The molecular formula is C18H31ClN2O4S. The fraction of sp³-hybridized carbons (Fsp3) is 0.611. The molecule has 0 unspecified atom stereocenters. The molecule has 0 bridgehead atoms. The Morgan fingerprint density at radius 3 is 2.12 bits per heavy atom. The van der Waals surface area contributed by atoms with Crippen molar-refractivity contribution in [3.05, 3.63) is 24.3 Å². The fourth-order valence-electron chi connectivity index (χ4n) is 3.22. The van der Waals surface area contributed by atoms with E-state index in [9.17, 15) is 18.3 Å². The number of hydrogen-bond donors (Lipinski definition) is 2. The van der Waals surface area contributed by atoms with Gasteiger partial charge in [0.15, 0.2) is 0 Å². The lowest BCUT2D eigenvalue weighted by atomic mass is 9.88. The van der Waals surface area contributed by atoms with Crippen LogP contribution in [0.4, 0.5) is 5.69 Å². The first kappa shape index (κ1) is 24.7. The summed E-state index contributed by atoms with van der Waals surface area (Å²) in [6.45, 7) is 7.18. The average molecular weight is 407 g/mol. The number of aliphatic carboxylic acids is 1. The first-order chi connectivity index (χ1) is 11.6. The number of carboxylic acid groups (broad SMARTS) is 1. The van der Waals surface area contributed by atoms with Crippen LogP contribution in [0.5, 0.6) is 0 Å². The predicted molar refractivity (Wildman–Crippen MR) is 107 cm³/mol. The van der Waals surface area contributed by atoms with E-state index in [2.05, 4.69) is 0 Å². The minimum absolute atomic E-state index is 0. The van der Waals surface area contributed by atoms with Crippen molar-refractivity contribution in [2.24, 2.45) is 0 Å². The molecule has 1 aromatic carbocycles. The van der Waals surface area contributed by atoms with Gasteiger partial charge in [-0.3, -0.25) is 4.79 Å². The van der Waals surface area contributed by atoms with Gasteiger partial charge in [0.1, 0.15) is 5.54 Å². The maximum Gasteiger partial charge on any atom is 0.325 e. The molecule has 150 valence electrons. The molecule has 8 heteroatoms. The first-order valence-corrected chi connectivity index (χ1v) is 10.2. The summed E-state index contributed by atoms with van der Waals surface area (Å²) in [6.07, 6.45) is 2.96. The number of rotatable bonds is 10. The van der Waals surface area contributed by atoms with E-state index in [1.165, 1.54) is 28.6 Å². The van der Waals surface area contributed by atoms with Crippen molar-refractivity contribution >= 4 is 34.1 Å². The Morgan fingerprint density at radius 1 is 1.19 bits per heavy atom. The Morgan fingerprint density at radius 2 is 1.73 bits per heavy atom. The van der Waals surface area contributed by atoms with Gasteiger partial charge in [-0.1, -0.05) is 33.1 Å². The van der Waals surface area contributed by atoms with Crippen LogP contribution < -0.4 is 5.73 Å². The number of unbranched alkanes of at least 4 members (excludes halogenated alkanes) is 2. The van der Waals surface area contributed by atoms with E-state index < -0.39 is 27.6 Å². The largest absolute Gasteiger partial charge is 0.480 e. The van der Waals surface area contributed by atoms with Crippen molar-refractivity contribution in [3.63, 3.8) is 0 Å². The molecule has 0 saturated heterocycles. The van der Waals surface area contributed by atoms with Crippen LogP contribution in [0.1, 0.15) is 59.8 Å². The van der Waals surface area contributed by atoms with Crippen molar-refractivity contribution in [1.82, 2.24) is 4.31 Å². The topological polar surface area (TPSA) is 101 Å². The predicted octanol–water partition coefficient (Wildman–Crippen LogP) is 3.90. The zero-order valence-electron chi connectivity index (χ0n) is 15.9. The lowest BCUT2D eigenvalue weighted by molar-refractivity contribution is -0.150. The van der Waals surface area contributed by atoms with E-state index in [1.54, 1.807) is 20.8 Å². The number of carboxylic acids is 1. The summed E-state index contributed by atoms with van der Waals surface area (Å²) in [6, 6.07) is 5.39. The highest BCUT2D eigenvalue weighted by Crippen LogP contribution is 2.35. The molecule has 0 spiro atoms. The molecule has 0 amide bonds. The number of nitrogens with two attached hydrogens (primary N) is 1. The minimum Gasteiger partial charge on any atom is -0.480 e. The summed E-state index contributed by atoms with van der Waals surface area (Å²) in [5.41, 5.74) is 4.65. The maximum absolute atomic E-state index is 13.2. The number of benzene rings is 1. The van der Waals surface area contributed by atoms with Gasteiger partial charge in [-0.05, 0) is 51.0 Å². The lowest BCUT2D eigenvalue weighted by Gasteiger charge is -2.41. The highest BCUT2D eigenvalue weighted by Gasteiger charge is 2.49. The highest BCUT2D eigenvalue weighted by atomic mass is 35.5. The monoisotopic (exact) mass is 406 g/mol. The van der Waals surface area contributed by atoms with Gasteiger partial charge in [0.05, 0.1) is 4.90 Å². The lowest BCUT2D eigenvalue weighted by Crippen LogP contribution is -2.59. The molecule has 0 fully saturated rings. The molecule has 3 N–H and O–H groups in total. The van der Waals surface area contributed by atoms with E-state index >= 15 is 0 Å². The number of anilines is 1. The Bertz CT molecular complexity index is 677. The molecule has 1 atom stereocenters. The van der Waals surface area contributed by atoms with Crippen molar-refractivity contribution in [3.8, 4) is 0 Å². The van der Waals surface area contributed by atoms with Gasteiger partial charge in [0.2, 0.25) is 10.0 Å². The summed E-state index contributed by atoms with van der Waals surface area (Å²) in [5, 5.41) is 9.97. The Balaban J connectivity index is 0.00000625. The summed E-state index contributed by atoms with van der Waals surface area (Å²) in [7, 11) is -3.97. The number of sulfonamides is 1. The SMILES string of the molecule is CCCCC[C@@](CC)(C(=O)O)N(C(C)C)S(=O)(=O)c1ccc(N)cc1.Cl. The number of nitrogens with zero attached hydrogens (tertiary/aromatic N) is 1. The van der Waals surface area contributed by atoms with Gasteiger partial charge in [-0.2, -0.15) is 4.31 Å². The second-order valence-corrected chi connectivity index (χ2v) is 8.43. The molecule has 0 aromatic heterocycles. The van der Waals surface area contributed by atoms with Crippen molar-refractivity contribution in [1.29, 1.82) is 0 Å². The van der Waals surface area contributed by atoms with Gasteiger partial charge in [-0.15, -0.1) is 12.4 Å². The van der Waals surface area contributed by atoms with Crippen LogP contribution in [0.3, 0.4) is 0 Å². The molecule has 0 radical (unpaired) electrons. The molecule has 6 nitrogen and oxygen atoms in total. The Kier molecular flexibility index (Phi) is 9.62. The fourth-order valence-corrected chi connectivity index (χ4v) is 5.24. The molecule has 1 rings (SSSR count). The van der Waals surface area contributed by atoms with Crippen LogP contribution in [-0.2, 0) is 14.8 Å². The van der Waals surface area contributed by atoms with Crippen LogP contribution in [0.2, 0.25) is 0 Å². The van der Waals surface area contributed by atoms with Crippen molar-refractivity contribution < 1.29 is 18.3 Å². The van der Waals surface area contributed by atoms with E-state index in [4.69, 9.17) is 5.73 Å². The zero-order valence-corrected chi connectivity index (χ0v) is 17.6. The molecule has 0 saturated carbocycles. The number of nitrogen functional groups attached to an aromatic ring is 1. The summed E-state index contributed by atoms with van der Waals surface area (Å²) in [4.78, 5) is 12.3. The second kappa shape index (κ2) is 10.1. The van der Waals surface area contributed by atoms with Gasteiger partial charge in [0, 0.05) is 11.7 Å². The van der Waals surface area contributed by atoms with E-state index in [0.29, 0.717) is 18.5 Å². The summed E-state index contributed by atoms with van der Waals surface area (Å²) < 4.78 is 27.7. The first-order valence-electron chi connectivity index (χ1n) is 8.77. The molecule has 0 heterocycles. The normalized spacial score (nSPS) is 14.1.